The zero-order valence-electron chi connectivity index (χ0n) is 15.2. The standard InChI is InChI=1S/C21H30N2O.ClH/c1-23(19-10-9-14-5-2-3-6-15(14)13-19)21(24)18-11-16-7-4-8-17(12-18)20(16)22;/h2-3,5-6,16-20H,4,7-13,22H2,1H3;1H. The smallest absolute Gasteiger partial charge is 0.225 e. The van der Waals surface area contributed by atoms with E-state index in [9.17, 15) is 4.79 Å². The molecule has 1 aromatic carbocycles. The summed E-state index contributed by atoms with van der Waals surface area (Å²) in [5.74, 6) is 1.74. The second-order valence-electron chi connectivity index (χ2n) is 8.31. The van der Waals surface area contributed by atoms with Gasteiger partial charge in [0, 0.05) is 25.0 Å². The number of benzene rings is 1. The van der Waals surface area contributed by atoms with Crippen molar-refractivity contribution in [2.45, 2.75) is 63.5 Å². The third kappa shape index (κ3) is 3.59. The highest BCUT2D eigenvalue weighted by molar-refractivity contribution is 5.85. The molecule has 3 aliphatic carbocycles. The first-order chi connectivity index (χ1) is 11.6. The van der Waals surface area contributed by atoms with Crippen molar-refractivity contribution < 1.29 is 4.79 Å². The average Bonchev–Trinajstić information content (AvgIpc) is 2.60. The molecule has 4 rings (SSSR count). The summed E-state index contributed by atoms with van der Waals surface area (Å²) in [7, 11) is 2.03. The molecule has 0 aromatic heterocycles. The van der Waals surface area contributed by atoms with Crippen LogP contribution in [0.4, 0.5) is 0 Å². The minimum absolute atomic E-state index is 0. The maximum atomic E-state index is 13.1. The summed E-state index contributed by atoms with van der Waals surface area (Å²) in [6.07, 6.45) is 8.99. The van der Waals surface area contributed by atoms with Gasteiger partial charge in [-0.1, -0.05) is 30.7 Å². The van der Waals surface area contributed by atoms with Gasteiger partial charge < -0.3 is 10.6 Å². The van der Waals surface area contributed by atoms with Crippen LogP contribution in [0.5, 0.6) is 0 Å². The summed E-state index contributed by atoms with van der Waals surface area (Å²) in [4.78, 5) is 15.2. The molecule has 138 valence electrons. The number of amides is 1. The van der Waals surface area contributed by atoms with Crippen molar-refractivity contribution in [2.75, 3.05) is 7.05 Å². The first-order valence-corrected chi connectivity index (χ1v) is 9.72. The highest BCUT2D eigenvalue weighted by Gasteiger charge is 2.42. The van der Waals surface area contributed by atoms with Crippen LogP contribution in [0, 0.1) is 17.8 Å². The molecular weight excluding hydrogens is 332 g/mol. The Morgan fingerprint density at radius 2 is 1.72 bits per heavy atom. The SMILES string of the molecule is CN(C(=O)C1CC2CCCC(C1)C2N)C1CCc2ccccc2C1.Cl. The van der Waals surface area contributed by atoms with Crippen molar-refractivity contribution in [3.05, 3.63) is 35.4 Å². The highest BCUT2D eigenvalue weighted by atomic mass is 35.5. The number of nitrogens with two attached hydrogens (primary N) is 1. The topological polar surface area (TPSA) is 46.3 Å². The fraction of sp³-hybridized carbons (Fsp3) is 0.667. The Morgan fingerprint density at radius 3 is 2.40 bits per heavy atom. The number of hydrogen-bond donors (Lipinski definition) is 1. The van der Waals surface area contributed by atoms with Gasteiger partial charge in [-0.3, -0.25) is 4.79 Å². The molecular formula is C21H31ClN2O. The minimum Gasteiger partial charge on any atom is -0.342 e. The number of fused-ring (bicyclic) bond motifs is 3. The molecule has 0 saturated heterocycles. The van der Waals surface area contributed by atoms with E-state index in [4.69, 9.17) is 5.73 Å². The molecule has 2 fully saturated rings. The molecule has 2 bridgehead atoms. The lowest BCUT2D eigenvalue weighted by Gasteiger charge is -2.45. The zero-order valence-corrected chi connectivity index (χ0v) is 16.0. The summed E-state index contributed by atoms with van der Waals surface area (Å²) in [6, 6.07) is 9.41. The molecule has 2 N–H and O–H groups in total. The van der Waals surface area contributed by atoms with Crippen LogP contribution in [-0.2, 0) is 17.6 Å². The van der Waals surface area contributed by atoms with Gasteiger partial charge in [-0.05, 0) is 67.9 Å². The van der Waals surface area contributed by atoms with Gasteiger partial charge in [0.05, 0.1) is 0 Å². The Balaban J connectivity index is 0.00000182. The van der Waals surface area contributed by atoms with Crippen molar-refractivity contribution in [1.82, 2.24) is 4.90 Å². The zero-order chi connectivity index (χ0) is 16.7. The van der Waals surface area contributed by atoms with E-state index in [0.717, 1.165) is 32.1 Å². The van der Waals surface area contributed by atoms with Crippen molar-refractivity contribution >= 4 is 18.3 Å². The van der Waals surface area contributed by atoms with Crippen molar-refractivity contribution in [3.63, 3.8) is 0 Å². The lowest BCUT2D eigenvalue weighted by molar-refractivity contribution is -0.139. The molecule has 1 amide bonds. The van der Waals surface area contributed by atoms with Gasteiger partial charge in [-0.25, -0.2) is 0 Å². The van der Waals surface area contributed by atoms with Gasteiger partial charge in [-0.2, -0.15) is 0 Å². The number of carbonyl (C=O) groups excluding carboxylic acids is 1. The number of aryl methyl sites for hydroxylation is 1. The van der Waals surface area contributed by atoms with E-state index in [1.54, 1.807) is 0 Å². The third-order valence-corrected chi connectivity index (χ3v) is 6.98. The van der Waals surface area contributed by atoms with E-state index >= 15 is 0 Å². The van der Waals surface area contributed by atoms with E-state index < -0.39 is 0 Å². The average molecular weight is 363 g/mol. The van der Waals surface area contributed by atoms with Crippen LogP contribution in [0.3, 0.4) is 0 Å². The molecule has 4 heteroatoms. The van der Waals surface area contributed by atoms with E-state index in [2.05, 4.69) is 29.2 Å². The van der Waals surface area contributed by atoms with Gasteiger partial charge >= 0.3 is 0 Å². The predicted molar refractivity (Wildman–Crippen MR) is 104 cm³/mol. The fourth-order valence-corrected chi connectivity index (χ4v) is 5.47. The highest BCUT2D eigenvalue weighted by Crippen LogP contribution is 2.42. The lowest BCUT2D eigenvalue weighted by atomic mass is 9.65. The maximum absolute atomic E-state index is 13.1. The normalized spacial score (nSPS) is 33.8. The van der Waals surface area contributed by atoms with Crippen LogP contribution in [0.2, 0.25) is 0 Å². The quantitative estimate of drug-likeness (QED) is 0.874. The van der Waals surface area contributed by atoms with Crippen LogP contribution in [-0.4, -0.2) is 29.9 Å². The summed E-state index contributed by atoms with van der Waals surface area (Å²) < 4.78 is 0. The predicted octanol–water partition coefficient (Wildman–Crippen LogP) is 3.58. The molecule has 0 spiro atoms. The van der Waals surface area contributed by atoms with E-state index in [0.29, 0.717) is 29.8 Å². The van der Waals surface area contributed by atoms with Crippen LogP contribution < -0.4 is 5.73 Å². The minimum atomic E-state index is 0. The van der Waals surface area contributed by atoms with Crippen LogP contribution >= 0.6 is 12.4 Å². The first kappa shape index (κ1) is 18.7. The Bertz CT molecular complexity index is 606. The number of likely N-dealkylation sites (N-methyl/N-ethyl adjacent to an activating group) is 1. The summed E-state index contributed by atoms with van der Waals surface area (Å²) in [5.41, 5.74) is 9.29. The molecule has 25 heavy (non-hydrogen) atoms. The molecule has 0 radical (unpaired) electrons. The monoisotopic (exact) mass is 362 g/mol. The van der Waals surface area contributed by atoms with E-state index in [1.807, 2.05) is 7.05 Å². The maximum Gasteiger partial charge on any atom is 0.225 e. The molecule has 2 saturated carbocycles. The Labute approximate surface area is 157 Å². The summed E-state index contributed by atoms with van der Waals surface area (Å²) >= 11 is 0. The number of rotatable bonds is 2. The molecule has 3 unspecified atom stereocenters. The van der Waals surface area contributed by atoms with Gasteiger partial charge in [0.1, 0.15) is 0 Å². The largest absolute Gasteiger partial charge is 0.342 e. The molecule has 3 atom stereocenters. The lowest BCUT2D eigenvalue weighted by Crippen LogP contribution is -2.51. The van der Waals surface area contributed by atoms with E-state index in [-0.39, 0.29) is 18.3 Å². The van der Waals surface area contributed by atoms with Crippen molar-refractivity contribution in [1.29, 1.82) is 0 Å². The first-order valence-electron chi connectivity index (χ1n) is 9.72. The Hall–Kier alpha value is -1.06. The molecule has 3 nitrogen and oxygen atoms in total. The Kier molecular flexibility index (Phi) is 5.75. The summed E-state index contributed by atoms with van der Waals surface area (Å²) in [6.45, 7) is 0. The van der Waals surface area contributed by atoms with Crippen LogP contribution in [0.15, 0.2) is 24.3 Å². The number of carbonyl (C=O) groups is 1. The van der Waals surface area contributed by atoms with Crippen molar-refractivity contribution in [3.8, 4) is 0 Å². The second kappa shape index (κ2) is 7.67. The van der Waals surface area contributed by atoms with Crippen LogP contribution in [0.25, 0.3) is 0 Å². The van der Waals surface area contributed by atoms with Crippen LogP contribution in [0.1, 0.15) is 49.7 Å². The second-order valence-corrected chi connectivity index (χ2v) is 8.31. The summed E-state index contributed by atoms with van der Waals surface area (Å²) in [5, 5.41) is 0. The molecule has 3 aliphatic rings. The number of hydrogen-bond acceptors (Lipinski definition) is 2. The number of nitrogens with zero attached hydrogens (tertiary/aromatic N) is 1. The number of halogens is 1. The fourth-order valence-electron chi connectivity index (χ4n) is 5.47. The Morgan fingerprint density at radius 1 is 1.08 bits per heavy atom. The molecule has 0 aliphatic heterocycles. The van der Waals surface area contributed by atoms with Crippen molar-refractivity contribution in [2.24, 2.45) is 23.5 Å². The van der Waals surface area contributed by atoms with Gasteiger partial charge in [-0.15, -0.1) is 12.4 Å². The van der Waals surface area contributed by atoms with Gasteiger partial charge in [0.15, 0.2) is 0 Å². The van der Waals surface area contributed by atoms with E-state index in [1.165, 1.54) is 30.4 Å². The van der Waals surface area contributed by atoms with Gasteiger partial charge in [0.2, 0.25) is 5.91 Å². The molecule has 1 aromatic rings. The molecule has 0 heterocycles. The van der Waals surface area contributed by atoms with Gasteiger partial charge in [0.25, 0.3) is 0 Å². The third-order valence-electron chi connectivity index (χ3n) is 6.98.